The maximum absolute atomic E-state index is 9.25. The Labute approximate surface area is 104 Å². The van der Waals surface area contributed by atoms with Gasteiger partial charge in [0.15, 0.2) is 0 Å². The molecular weight excluding hydrogens is 240 g/mol. The van der Waals surface area contributed by atoms with Crippen LogP contribution in [0.2, 0.25) is 5.02 Å². The van der Waals surface area contributed by atoms with Crippen LogP contribution < -0.4 is 0 Å². The normalized spacial score (nSPS) is 10.4. The Balaban J connectivity index is 2.28. The average Bonchev–Trinajstić information content (AvgIpc) is 2.33. The van der Waals surface area contributed by atoms with E-state index in [0.29, 0.717) is 5.02 Å². The molecule has 0 atom stereocenters. The van der Waals surface area contributed by atoms with Crippen LogP contribution in [0.5, 0.6) is 0 Å². The summed E-state index contributed by atoms with van der Waals surface area (Å²) in [5.41, 5.74) is 0.862. The number of hydrogen-bond acceptors (Lipinski definition) is 2. The van der Waals surface area contributed by atoms with E-state index in [1.54, 1.807) is 17.8 Å². The third-order valence-corrected chi connectivity index (χ3v) is 3.53. The molecule has 0 saturated heterocycles. The van der Waals surface area contributed by atoms with Gasteiger partial charge in [0.2, 0.25) is 0 Å². The van der Waals surface area contributed by atoms with Crippen LogP contribution in [0.1, 0.15) is 5.56 Å². The zero-order valence-electron chi connectivity index (χ0n) is 8.56. The Bertz CT molecular complexity index is 471. The quantitative estimate of drug-likeness (QED) is 0.889. The van der Waals surface area contributed by atoms with Crippen molar-refractivity contribution >= 4 is 23.4 Å². The van der Waals surface area contributed by atoms with Gasteiger partial charge in [0.25, 0.3) is 0 Å². The van der Waals surface area contributed by atoms with Crippen LogP contribution in [0.3, 0.4) is 0 Å². The van der Waals surface area contributed by atoms with Crippen molar-refractivity contribution in [1.29, 1.82) is 0 Å². The van der Waals surface area contributed by atoms with Gasteiger partial charge in [-0.25, -0.2) is 0 Å². The minimum atomic E-state index is 0.00965. The van der Waals surface area contributed by atoms with Gasteiger partial charge in [0.1, 0.15) is 0 Å². The molecule has 82 valence electrons. The fraction of sp³-hybridized carbons (Fsp3) is 0.0769. The summed E-state index contributed by atoms with van der Waals surface area (Å²) in [7, 11) is 0. The van der Waals surface area contributed by atoms with Crippen LogP contribution in [0.15, 0.2) is 58.3 Å². The Kier molecular flexibility index (Phi) is 3.88. The Morgan fingerprint density at radius 1 is 1.06 bits per heavy atom. The van der Waals surface area contributed by atoms with E-state index in [9.17, 15) is 5.11 Å². The Morgan fingerprint density at radius 2 is 1.81 bits per heavy atom. The van der Waals surface area contributed by atoms with E-state index in [1.807, 2.05) is 42.5 Å². The molecule has 0 unspecified atom stereocenters. The molecular formula is C13H11ClOS. The predicted molar refractivity (Wildman–Crippen MR) is 67.9 cm³/mol. The van der Waals surface area contributed by atoms with E-state index < -0.39 is 0 Å². The van der Waals surface area contributed by atoms with E-state index in [-0.39, 0.29) is 6.61 Å². The SMILES string of the molecule is OCc1cc(Cl)ccc1Sc1ccccc1. The fourth-order valence-corrected chi connectivity index (χ4v) is 2.52. The molecule has 0 aromatic heterocycles. The van der Waals surface area contributed by atoms with Crippen LogP contribution in [-0.2, 0) is 6.61 Å². The van der Waals surface area contributed by atoms with Gasteiger partial charge in [0, 0.05) is 14.8 Å². The van der Waals surface area contributed by atoms with Crippen molar-refractivity contribution in [2.24, 2.45) is 0 Å². The lowest BCUT2D eigenvalue weighted by Gasteiger charge is -2.07. The minimum absolute atomic E-state index is 0.00965. The highest BCUT2D eigenvalue weighted by Crippen LogP contribution is 2.31. The molecule has 0 bridgehead atoms. The summed E-state index contributed by atoms with van der Waals surface area (Å²) >= 11 is 7.51. The second-order valence-corrected chi connectivity index (χ2v) is 4.88. The third kappa shape index (κ3) is 2.79. The van der Waals surface area contributed by atoms with Crippen molar-refractivity contribution in [1.82, 2.24) is 0 Å². The van der Waals surface area contributed by atoms with Crippen LogP contribution in [-0.4, -0.2) is 5.11 Å². The van der Waals surface area contributed by atoms with Crippen molar-refractivity contribution in [2.75, 3.05) is 0 Å². The van der Waals surface area contributed by atoms with Crippen molar-refractivity contribution in [3.63, 3.8) is 0 Å². The highest BCUT2D eigenvalue weighted by molar-refractivity contribution is 7.99. The number of benzene rings is 2. The van der Waals surface area contributed by atoms with E-state index in [2.05, 4.69) is 0 Å². The fourth-order valence-electron chi connectivity index (χ4n) is 1.39. The third-order valence-electron chi connectivity index (χ3n) is 2.16. The summed E-state index contributed by atoms with van der Waals surface area (Å²) in [6.07, 6.45) is 0. The van der Waals surface area contributed by atoms with Crippen molar-refractivity contribution in [3.05, 3.63) is 59.1 Å². The Morgan fingerprint density at radius 3 is 2.50 bits per heavy atom. The lowest BCUT2D eigenvalue weighted by molar-refractivity contribution is 0.279. The zero-order chi connectivity index (χ0) is 11.4. The second-order valence-electron chi connectivity index (χ2n) is 3.33. The first kappa shape index (κ1) is 11.5. The molecule has 0 spiro atoms. The number of aliphatic hydroxyl groups excluding tert-OH is 1. The maximum atomic E-state index is 9.25. The van der Waals surface area contributed by atoms with Crippen molar-refractivity contribution in [2.45, 2.75) is 16.4 Å². The number of aliphatic hydroxyl groups is 1. The Hall–Kier alpha value is -0.960. The lowest BCUT2D eigenvalue weighted by atomic mass is 10.2. The molecule has 3 heteroatoms. The summed E-state index contributed by atoms with van der Waals surface area (Å²) in [5.74, 6) is 0. The van der Waals surface area contributed by atoms with Gasteiger partial charge in [-0.15, -0.1) is 0 Å². The van der Waals surface area contributed by atoms with Crippen LogP contribution in [0.4, 0.5) is 0 Å². The molecule has 1 N–H and O–H groups in total. The first-order chi connectivity index (χ1) is 7.79. The molecule has 0 heterocycles. The zero-order valence-corrected chi connectivity index (χ0v) is 10.1. The lowest BCUT2D eigenvalue weighted by Crippen LogP contribution is -1.87. The minimum Gasteiger partial charge on any atom is -0.392 e. The summed E-state index contributed by atoms with van der Waals surface area (Å²) < 4.78 is 0. The number of rotatable bonds is 3. The van der Waals surface area contributed by atoms with Crippen LogP contribution in [0, 0.1) is 0 Å². The summed E-state index contributed by atoms with van der Waals surface area (Å²) in [6, 6.07) is 15.6. The monoisotopic (exact) mass is 250 g/mol. The number of hydrogen-bond donors (Lipinski definition) is 1. The summed E-state index contributed by atoms with van der Waals surface area (Å²) in [5, 5.41) is 9.90. The van der Waals surface area contributed by atoms with Gasteiger partial charge in [-0.3, -0.25) is 0 Å². The highest BCUT2D eigenvalue weighted by atomic mass is 35.5. The molecule has 1 nitrogen and oxygen atoms in total. The maximum Gasteiger partial charge on any atom is 0.0693 e. The molecule has 0 aliphatic rings. The van der Waals surface area contributed by atoms with Crippen LogP contribution >= 0.6 is 23.4 Å². The molecule has 0 fully saturated rings. The van der Waals surface area contributed by atoms with Crippen molar-refractivity contribution < 1.29 is 5.11 Å². The van der Waals surface area contributed by atoms with Gasteiger partial charge in [0.05, 0.1) is 6.61 Å². The highest BCUT2D eigenvalue weighted by Gasteiger charge is 2.04. The second kappa shape index (κ2) is 5.39. The van der Waals surface area contributed by atoms with Gasteiger partial charge in [-0.1, -0.05) is 41.6 Å². The predicted octanol–water partition coefficient (Wildman–Crippen LogP) is 3.98. The molecule has 0 radical (unpaired) electrons. The first-order valence-corrected chi connectivity index (χ1v) is 6.11. The summed E-state index contributed by atoms with van der Waals surface area (Å²) in [6.45, 7) is 0.00965. The van der Waals surface area contributed by atoms with Gasteiger partial charge in [-0.2, -0.15) is 0 Å². The molecule has 0 amide bonds. The van der Waals surface area contributed by atoms with Gasteiger partial charge >= 0.3 is 0 Å². The first-order valence-electron chi connectivity index (χ1n) is 4.92. The molecule has 0 aliphatic carbocycles. The van der Waals surface area contributed by atoms with E-state index in [1.165, 1.54) is 0 Å². The van der Waals surface area contributed by atoms with E-state index in [0.717, 1.165) is 15.4 Å². The van der Waals surface area contributed by atoms with Crippen LogP contribution in [0.25, 0.3) is 0 Å². The van der Waals surface area contributed by atoms with Crippen molar-refractivity contribution in [3.8, 4) is 0 Å². The molecule has 0 aliphatic heterocycles. The van der Waals surface area contributed by atoms with Gasteiger partial charge < -0.3 is 5.11 Å². The molecule has 2 rings (SSSR count). The van der Waals surface area contributed by atoms with E-state index in [4.69, 9.17) is 11.6 Å². The average molecular weight is 251 g/mol. The largest absolute Gasteiger partial charge is 0.392 e. The molecule has 16 heavy (non-hydrogen) atoms. The topological polar surface area (TPSA) is 20.2 Å². The molecule has 0 saturated carbocycles. The molecule has 2 aromatic carbocycles. The number of halogens is 1. The standard InChI is InChI=1S/C13H11ClOS/c14-11-6-7-13(10(8-11)9-15)16-12-4-2-1-3-5-12/h1-8,15H,9H2. The summed E-state index contributed by atoms with van der Waals surface area (Å²) in [4.78, 5) is 2.19. The smallest absolute Gasteiger partial charge is 0.0693 e. The molecule has 2 aromatic rings. The van der Waals surface area contributed by atoms with Gasteiger partial charge in [-0.05, 0) is 35.9 Å². The van der Waals surface area contributed by atoms with E-state index >= 15 is 0 Å².